The average molecular weight is 238 g/mol. The van der Waals surface area contributed by atoms with Gasteiger partial charge in [-0.15, -0.1) is 0 Å². The normalized spacial score (nSPS) is 12.3. The quantitative estimate of drug-likeness (QED) is 0.798. The van der Waals surface area contributed by atoms with Crippen molar-refractivity contribution in [1.82, 2.24) is 0 Å². The van der Waals surface area contributed by atoms with Crippen LogP contribution in [0.25, 0.3) is 0 Å². The van der Waals surface area contributed by atoms with Gasteiger partial charge in [0.1, 0.15) is 5.75 Å². The maximum atomic E-state index is 11.2. The van der Waals surface area contributed by atoms with Crippen molar-refractivity contribution in [3.8, 4) is 5.75 Å². The zero-order valence-electron chi connectivity index (χ0n) is 10.3. The van der Waals surface area contributed by atoms with E-state index >= 15 is 0 Å². The minimum Gasteiger partial charge on any atom is -0.482 e. The van der Waals surface area contributed by atoms with Crippen LogP contribution in [0.15, 0.2) is 24.3 Å². The molecule has 0 aliphatic heterocycles. The van der Waals surface area contributed by atoms with Crippen LogP contribution in [0.4, 0.5) is 0 Å². The second-order valence-electron chi connectivity index (χ2n) is 4.08. The van der Waals surface area contributed by atoms with Gasteiger partial charge in [-0.25, -0.2) is 4.79 Å². The highest BCUT2D eigenvalue weighted by molar-refractivity contribution is 5.71. The number of carbonyl (C=O) groups excluding carboxylic acids is 1. The first-order valence-electron chi connectivity index (χ1n) is 5.59. The monoisotopic (exact) mass is 238 g/mol. The molecule has 0 aliphatic carbocycles. The summed E-state index contributed by atoms with van der Waals surface area (Å²) in [6, 6.07) is 7.00. The highest BCUT2D eigenvalue weighted by Gasteiger charge is 2.07. The Hall–Kier alpha value is -1.55. The first kappa shape index (κ1) is 13.5. The van der Waals surface area contributed by atoms with Crippen LogP contribution in [0, 0.1) is 0 Å². The summed E-state index contributed by atoms with van der Waals surface area (Å²) in [5.74, 6) is 0.145. The number of rotatable bonds is 5. The van der Waals surface area contributed by atoms with Crippen LogP contribution >= 0.6 is 0 Å². The van der Waals surface area contributed by atoms with Gasteiger partial charge in [0.2, 0.25) is 0 Å². The molecule has 1 rings (SSSR count). The molecule has 1 atom stereocenters. The van der Waals surface area contributed by atoms with Gasteiger partial charge < -0.3 is 14.6 Å². The van der Waals surface area contributed by atoms with E-state index in [1.54, 1.807) is 45.0 Å². The summed E-state index contributed by atoms with van der Waals surface area (Å²) in [5, 5.41) is 9.40. The fourth-order valence-corrected chi connectivity index (χ4v) is 1.30. The third-order valence-corrected chi connectivity index (χ3v) is 2.06. The van der Waals surface area contributed by atoms with Crippen LogP contribution in [0.1, 0.15) is 32.4 Å². The lowest BCUT2D eigenvalue weighted by Crippen LogP contribution is -2.18. The summed E-state index contributed by atoms with van der Waals surface area (Å²) in [5.41, 5.74) is 0.750. The fourth-order valence-electron chi connectivity index (χ4n) is 1.30. The Morgan fingerprint density at radius 2 is 2.06 bits per heavy atom. The molecule has 1 aromatic rings. The molecule has 94 valence electrons. The van der Waals surface area contributed by atoms with Gasteiger partial charge in [0.05, 0.1) is 12.2 Å². The molecule has 0 bridgehead atoms. The van der Waals surface area contributed by atoms with Gasteiger partial charge >= 0.3 is 5.97 Å². The summed E-state index contributed by atoms with van der Waals surface area (Å²) in [6.07, 6.45) is -0.698. The number of aliphatic hydroxyl groups is 1. The molecule has 17 heavy (non-hydrogen) atoms. The Balaban J connectivity index is 2.52. The Labute approximate surface area is 101 Å². The van der Waals surface area contributed by atoms with Crippen molar-refractivity contribution in [3.63, 3.8) is 0 Å². The number of benzene rings is 1. The largest absolute Gasteiger partial charge is 0.482 e. The van der Waals surface area contributed by atoms with Crippen LogP contribution in [0.2, 0.25) is 0 Å². The van der Waals surface area contributed by atoms with E-state index in [-0.39, 0.29) is 12.7 Å². The highest BCUT2D eigenvalue weighted by Crippen LogP contribution is 2.18. The Morgan fingerprint density at radius 3 is 2.65 bits per heavy atom. The second-order valence-corrected chi connectivity index (χ2v) is 4.08. The van der Waals surface area contributed by atoms with Gasteiger partial charge in [-0.3, -0.25) is 0 Å². The van der Waals surface area contributed by atoms with Gasteiger partial charge in [-0.2, -0.15) is 0 Å². The van der Waals surface area contributed by atoms with Crippen LogP contribution in [-0.4, -0.2) is 23.8 Å². The molecule has 0 fully saturated rings. The molecule has 0 spiro atoms. The van der Waals surface area contributed by atoms with Crippen molar-refractivity contribution < 1.29 is 19.4 Å². The third-order valence-electron chi connectivity index (χ3n) is 2.06. The van der Waals surface area contributed by atoms with E-state index in [0.717, 1.165) is 5.56 Å². The molecular weight excluding hydrogens is 220 g/mol. The van der Waals surface area contributed by atoms with Gasteiger partial charge in [-0.1, -0.05) is 12.1 Å². The molecule has 0 saturated carbocycles. The highest BCUT2D eigenvalue weighted by atomic mass is 16.6. The molecule has 0 aromatic heterocycles. The Bertz CT molecular complexity index is 371. The van der Waals surface area contributed by atoms with E-state index in [9.17, 15) is 9.90 Å². The number of ether oxygens (including phenoxy) is 2. The Morgan fingerprint density at radius 1 is 1.35 bits per heavy atom. The summed E-state index contributed by atoms with van der Waals surface area (Å²) in [6.45, 7) is 5.12. The SMILES string of the molecule is CC(C)OC(=O)COc1cccc([C@@H](C)O)c1. The summed E-state index contributed by atoms with van der Waals surface area (Å²) >= 11 is 0. The van der Waals surface area contributed by atoms with Crippen molar-refractivity contribution in [2.24, 2.45) is 0 Å². The van der Waals surface area contributed by atoms with Gasteiger partial charge in [0.15, 0.2) is 6.61 Å². The second kappa shape index (κ2) is 6.25. The molecule has 0 unspecified atom stereocenters. The van der Waals surface area contributed by atoms with Crippen molar-refractivity contribution in [1.29, 1.82) is 0 Å². The first-order chi connectivity index (χ1) is 7.99. The zero-order valence-corrected chi connectivity index (χ0v) is 10.3. The average Bonchev–Trinajstić information content (AvgIpc) is 2.26. The predicted molar refractivity (Wildman–Crippen MR) is 63.8 cm³/mol. The summed E-state index contributed by atoms with van der Waals surface area (Å²) in [7, 11) is 0. The van der Waals surface area contributed by atoms with E-state index < -0.39 is 12.1 Å². The molecule has 1 aromatic carbocycles. The maximum Gasteiger partial charge on any atom is 0.344 e. The molecule has 0 heterocycles. The third kappa shape index (κ3) is 4.87. The van der Waals surface area contributed by atoms with E-state index in [0.29, 0.717) is 5.75 Å². The number of carbonyl (C=O) groups is 1. The zero-order chi connectivity index (χ0) is 12.8. The van der Waals surface area contributed by atoms with E-state index in [2.05, 4.69) is 0 Å². The molecular formula is C13H18O4. The number of esters is 1. The number of hydrogen-bond acceptors (Lipinski definition) is 4. The minimum atomic E-state index is -0.554. The van der Waals surface area contributed by atoms with Gasteiger partial charge in [0, 0.05) is 0 Å². The number of hydrogen-bond donors (Lipinski definition) is 1. The van der Waals surface area contributed by atoms with E-state index in [4.69, 9.17) is 9.47 Å². The molecule has 1 N–H and O–H groups in total. The lowest BCUT2D eigenvalue weighted by Gasteiger charge is -2.10. The van der Waals surface area contributed by atoms with Crippen LogP contribution in [0.3, 0.4) is 0 Å². The van der Waals surface area contributed by atoms with Crippen LogP contribution in [-0.2, 0) is 9.53 Å². The van der Waals surface area contributed by atoms with Crippen LogP contribution in [0.5, 0.6) is 5.75 Å². The first-order valence-corrected chi connectivity index (χ1v) is 5.59. The lowest BCUT2D eigenvalue weighted by molar-refractivity contribution is -0.149. The lowest BCUT2D eigenvalue weighted by atomic mass is 10.1. The molecule has 4 heteroatoms. The molecule has 0 amide bonds. The minimum absolute atomic E-state index is 0.124. The summed E-state index contributed by atoms with van der Waals surface area (Å²) < 4.78 is 10.2. The van der Waals surface area contributed by atoms with Crippen molar-refractivity contribution >= 4 is 5.97 Å². The molecule has 4 nitrogen and oxygen atoms in total. The van der Waals surface area contributed by atoms with E-state index in [1.165, 1.54) is 0 Å². The molecule has 0 saturated heterocycles. The van der Waals surface area contributed by atoms with Gasteiger partial charge in [-0.05, 0) is 38.5 Å². The smallest absolute Gasteiger partial charge is 0.344 e. The van der Waals surface area contributed by atoms with Gasteiger partial charge in [0.25, 0.3) is 0 Å². The summed E-state index contributed by atoms with van der Waals surface area (Å²) in [4.78, 5) is 11.2. The van der Waals surface area contributed by atoms with E-state index in [1.807, 2.05) is 0 Å². The van der Waals surface area contributed by atoms with Crippen molar-refractivity contribution in [2.45, 2.75) is 33.0 Å². The molecule has 0 aliphatic rings. The van der Waals surface area contributed by atoms with Crippen LogP contribution < -0.4 is 4.74 Å². The fraction of sp³-hybridized carbons (Fsp3) is 0.462. The Kier molecular flexibility index (Phi) is 4.97. The molecule has 0 radical (unpaired) electrons. The predicted octanol–water partition coefficient (Wildman–Crippen LogP) is 2.07. The maximum absolute atomic E-state index is 11.2. The topological polar surface area (TPSA) is 55.8 Å². The standard InChI is InChI=1S/C13H18O4/c1-9(2)17-13(15)8-16-12-6-4-5-11(7-12)10(3)14/h4-7,9-10,14H,8H2,1-3H3/t10-/m1/s1. The number of aliphatic hydroxyl groups excluding tert-OH is 1. The van der Waals surface area contributed by atoms with Crippen molar-refractivity contribution in [3.05, 3.63) is 29.8 Å². The van der Waals surface area contributed by atoms with Crippen molar-refractivity contribution in [2.75, 3.05) is 6.61 Å².